The molecule has 100 valence electrons. The highest BCUT2D eigenvalue weighted by Crippen LogP contribution is 2.24. The van der Waals surface area contributed by atoms with Crippen molar-refractivity contribution in [3.05, 3.63) is 0 Å². The van der Waals surface area contributed by atoms with Gasteiger partial charge in [0.25, 0.3) is 0 Å². The maximum Gasteiger partial charge on any atom is 0.225 e. The summed E-state index contributed by atoms with van der Waals surface area (Å²) in [5.74, 6) is 0.787. The Labute approximate surface area is 105 Å². The normalized spacial score (nSPS) is 23.8. The van der Waals surface area contributed by atoms with Gasteiger partial charge in [-0.2, -0.15) is 0 Å². The molecule has 1 fully saturated rings. The molecule has 1 aliphatic rings. The Kier molecular flexibility index (Phi) is 5.96. The van der Waals surface area contributed by atoms with Crippen molar-refractivity contribution in [1.82, 2.24) is 4.90 Å². The molecule has 1 heterocycles. The summed E-state index contributed by atoms with van der Waals surface area (Å²) in [4.78, 5) is 14.3. The number of hydrogen-bond donors (Lipinski definition) is 1. The van der Waals surface area contributed by atoms with E-state index < -0.39 is 0 Å². The van der Waals surface area contributed by atoms with Gasteiger partial charge in [-0.15, -0.1) is 0 Å². The number of unbranched alkanes of at least 4 members (excludes halogenated alkanes) is 1. The second-order valence-corrected chi connectivity index (χ2v) is 5.32. The van der Waals surface area contributed by atoms with Crippen LogP contribution in [0.5, 0.6) is 0 Å². The quantitative estimate of drug-likeness (QED) is 0.776. The minimum Gasteiger partial charge on any atom is -0.393 e. The van der Waals surface area contributed by atoms with Crippen LogP contribution in [-0.4, -0.2) is 35.1 Å². The highest BCUT2D eigenvalue weighted by molar-refractivity contribution is 5.79. The van der Waals surface area contributed by atoms with Gasteiger partial charge in [0, 0.05) is 24.9 Å². The van der Waals surface area contributed by atoms with Gasteiger partial charge in [-0.05, 0) is 26.2 Å². The number of aliphatic hydroxyl groups is 1. The molecule has 0 aromatic rings. The van der Waals surface area contributed by atoms with E-state index in [0.717, 1.165) is 45.2 Å². The van der Waals surface area contributed by atoms with Crippen molar-refractivity contribution in [2.24, 2.45) is 11.8 Å². The molecule has 3 atom stereocenters. The molecule has 1 saturated heterocycles. The second kappa shape index (κ2) is 7.00. The molecule has 3 heteroatoms. The zero-order valence-corrected chi connectivity index (χ0v) is 11.5. The second-order valence-electron chi connectivity index (χ2n) is 5.32. The lowest BCUT2D eigenvalue weighted by Crippen LogP contribution is -2.35. The third kappa shape index (κ3) is 3.98. The molecule has 0 aromatic carbocycles. The molecule has 1 rings (SSSR count). The van der Waals surface area contributed by atoms with Gasteiger partial charge in [0.2, 0.25) is 5.91 Å². The highest BCUT2D eigenvalue weighted by atomic mass is 16.3. The van der Waals surface area contributed by atoms with Crippen molar-refractivity contribution in [3.63, 3.8) is 0 Å². The third-order valence-electron chi connectivity index (χ3n) is 3.97. The number of nitrogens with zero attached hydrogens (tertiary/aromatic N) is 1. The van der Waals surface area contributed by atoms with Gasteiger partial charge >= 0.3 is 0 Å². The summed E-state index contributed by atoms with van der Waals surface area (Å²) in [6.45, 7) is 7.67. The molecule has 3 nitrogen and oxygen atoms in total. The predicted octanol–water partition coefficient (Wildman–Crippen LogP) is 2.43. The van der Waals surface area contributed by atoms with E-state index in [-0.39, 0.29) is 17.9 Å². The summed E-state index contributed by atoms with van der Waals surface area (Å²) < 4.78 is 0. The van der Waals surface area contributed by atoms with Crippen molar-refractivity contribution >= 4 is 5.91 Å². The van der Waals surface area contributed by atoms with Crippen molar-refractivity contribution < 1.29 is 9.90 Å². The molecule has 0 radical (unpaired) electrons. The van der Waals surface area contributed by atoms with E-state index in [1.807, 2.05) is 11.8 Å². The molecule has 0 saturated carbocycles. The Balaban J connectivity index is 2.46. The van der Waals surface area contributed by atoms with Gasteiger partial charge in [0.05, 0.1) is 6.10 Å². The number of aliphatic hydroxyl groups excluding tert-OH is 1. The van der Waals surface area contributed by atoms with Crippen LogP contribution < -0.4 is 0 Å². The van der Waals surface area contributed by atoms with Crippen LogP contribution in [0.15, 0.2) is 0 Å². The lowest BCUT2D eigenvalue weighted by molar-refractivity contribution is -0.135. The third-order valence-corrected chi connectivity index (χ3v) is 3.97. The van der Waals surface area contributed by atoms with Crippen LogP contribution in [-0.2, 0) is 4.79 Å². The van der Waals surface area contributed by atoms with E-state index >= 15 is 0 Å². The number of carbonyl (C=O) groups is 1. The van der Waals surface area contributed by atoms with Gasteiger partial charge < -0.3 is 10.0 Å². The first kappa shape index (κ1) is 14.5. The molecule has 0 aromatic heterocycles. The van der Waals surface area contributed by atoms with Crippen LogP contribution in [0.2, 0.25) is 0 Å². The maximum absolute atomic E-state index is 12.3. The summed E-state index contributed by atoms with van der Waals surface area (Å²) in [6.07, 6.45) is 4.91. The average molecular weight is 241 g/mol. The largest absolute Gasteiger partial charge is 0.393 e. The van der Waals surface area contributed by atoms with E-state index in [0.29, 0.717) is 5.91 Å². The van der Waals surface area contributed by atoms with Crippen LogP contribution in [0.4, 0.5) is 0 Å². The number of rotatable bonds is 6. The zero-order valence-electron chi connectivity index (χ0n) is 11.5. The SMILES string of the molecule is CCCCC(CC)C(=O)N1CCC(C(C)O)C1. The monoisotopic (exact) mass is 241 g/mol. The van der Waals surface area contributed by atoms with Crippen LogP contribution in [0.1, 0.15) is 52.9 Å². The molecule has 1 amide bonds. The lowest BCUT2D eigenvalue weighted by atomic mass is 9.98. The number of amides is 1. The number of hydrogen-bond acceptors (Lipinski definition) is 2. The molecule has 1 N–H and O–H groups in total. The van der Waals surface area contributed by atoms with Crippen molar-refractivity contribution in [3.8, 4) is 0 Å². The first-order valence-corrected chi connectivity index (χ1v) is 7.06. The Bertz CT molecular complexity index is 240. The lowest BCUT2D eigenvalue weighted by Gasteiger charge is -2.23. The first-order valence-electron chi connectivity index (χ1n) is 7.06. The summed E-state index contributed by atoms with van der Waals surface area (Å²) in [6, 6.07) is 0. The Morgan fingerprint density at radius 3 is 2.65 bits per heavy atom. The van der Waals surface area contributed by atoms with Crippen LogP contribution in [0.25, 0.3) is 0 Å². The maximum atomic E-state index is 12.3. The van der Waals surface area contributed by atoms with E-state index in [1.165, 1.54) is 0 Å². The van der Waals surface area contributed by atoms with E-state index in [4.69, 9.17) is 0 Å². The molecular weight excluding hydrogens is 214 g/mol. The summed E-state index contributed by atoms with van der Waals surface area (Å²) in [7, 11) is 0. The highest BCUT2D eigenvalue weighted by Gasteiger charge is 2.31. The van der Waals surface area contributed by atoms with Crippen molar-refractivity contribution in [2.75, 3.05) is 13.1 Å². The Morgan fingerprint density at radius 2 is 2.18 bits per heavy atom. The Morgan fingerprint density at radius 1 is 1.47 bits per heavy atom. The topological polar surface area (TPSA) is 40.5 Å². The van der Waals surface area contributed by atoms with Gasteiger partial charge in [0.15, 0.2) is 0 Å². The molecule has 1 aliphatic heterocycles. The average Bonchev–Trinajstić information content (AvgIpc) is 2.79. The van der Waals surface area contributed by atoms with Gasteiger partial charge in [0.1, 0.15) is 0 Å². The standard InChI is InChI=1S/C14H27NO2/c1-4-6-7-12(5-2)14(17)15-9-8-13(10-15)11(3)16/h11-13,16H,4-10H2,1-3H3. The van der Waals surface area contributed by atoms with E-state index in [2.05, 4.69) is 13.8 Å². The predicted molar refractivity (Wildman–Crippen MR) is 69.7 cm³/mol. The molecule has 0 bridgehead atoms. The first-order chi connectivity index (χ1) is 8.10. The van der Waals surface area contributed by atoms with Crippen LogP contribution in [0.3, 0.4) is 0 Å². The minimum atomic E-state index is -0.288. The fourth-order valence-electron chi connectivity index (χ4n) is 2.59. The Hall–Kier alpha value is -0.570. The summed E-state index contributed by atoms with van der Waals surface area (Å²) in [5.41, 5.74) is 0. The fourth-order valence-corrected chi connectivity index (χ4v) is 2.59. The number of likely N-dealkylation sites (tertiary alicyclic amines) is 1. The van der Waals surface area contributed by atoms with E-state index in [1.54, 1.807) is 0 Å². The summed E-state index contributed by atoms with van der Waals surface area (Å²) >= 11 is 0. The van der Waals surface area contributed by atoms with Gasteiger partial charge in [-0.1, -0.05) is 26.7 Å². The van der Waals surface area contributed by atoms with Gasteiger partial charge in [-0.25, -0.2) is 0 Å². The smallest absolute Gasteiger partial charge is 0.225 e. The van der Waals surface area contributed by atoms with E-state index in [9.17, 15) is 9.90 Å². The van der Waals surface area contributed by atoms with Crippen molar-refractivity contribution in [1.29, 1.82) is 0 Å². The molecule has 0 aliphatic carbocycles. The molecule has 3 unspecified atom stereocenters. The minimum absolute atomic E-state index is 0.197. The van der Waals surface area contributed by atoms with Crippen LogP contribution in [0, 0.1) is 11.8 Å². The molecule has 17 heavy (non-hydrogen) atoms. The van der Waals surface area contributed by atoms with Crippen molar-refractivity contribution in [2.45, 2.75) is 59.0 Å². The summed E-state index contributed by atoms with van der Waals surface area (Å²) in [5, 5.41) is 9.55. The van der Waals surface area contributed by atoms with Gasteiger partial charge in [-0.3, -0.25) is 4.79 Å². The number of carbonyl (C=O) groups excluding carboxylic acids is 1. The molecular formula is C14H27NO2. The zero-order chi connectivity index (χ0) is 12.8. The molecule has 0 spiro atoms. The van der Waals surface area contributed by atoms with Crippen LogP contribution >= 0.6 is 0 Å². The fraction of sp³-hybridized carbons (Fsp3) is 0.929.